The van der Waals surface area contributed by atoms with Crippen molar-refractivity contribution >= 4 is 17.4 Å². The van der Waals surface area contributed by atoms with E-state index in [-0.39, 0.29) is 0 Å². The monoisotopic (exact) mass is 273 g/mol. The molecule has 1 aromatic carbocycles. The van der Waals surface area contributed by atoms with Crippen LogP contribution in [0.2, 0.25) is 0 Å². The predicted molar refractivity (Wildman–Crippen MR) is 76.8 cm³/mol. The van der Waals surface area contributed by atoms with Crippen LogP contribution in [0.5, 0.6) is 0 Å². The van der Waals surface area contributed by atoms with E-state index in [1.807, 2.05) is 54.8 Å². The number of aryl methyl sites for hydroxylation is 1. The van der Waals surface area contributed by atoms with Crippen molar-refractivity contribution in [1.29, 1.82) is 5.26 Å². The number of thioether (sulfide) groups is 1. The molecule has 0 atom stereocenters. The predicted octanol–water partition coefficient (Wildman–Crippen LogP) is 2.26. The number of rotatable bonds is 4. The van der Waals surface area contributed by atoms with Crippen molar-refractivity contribution in [2.24, 2.45) is 0 Å². The lowest BCUT2D eigenvalue weighted by Gasteiger charge is -2.13. The molecule has 98 valence electrons. The lowest BCUT2D eigenvalue weighted by molar-refractivity contribution is 0.869. The Bertz CT molecular complexity index is 594. The molecule has 2 rings (SSSR count). The van der Waals surface area contributed by atoms with Crippen LogP contribution < -0.4 is 4.90 Å². The average Bonchev–Trinajstić information content (AvgIpc) is 2.77. The van der Waals surface area contributed by atoms with Gasteiger partial charge in [-0.2, -0.15) is 5.26 Å². The third-order valence-electron chi connectivity index (χ3n) is 2.69. The highest BCUT2D eigenvalue weighted by atomic mass is 32.2. The Morgan fingerprint density at radius 3 is 2.53 bits per heavy atom. The Morgan fingerprint density at radius 1 is 1.26 bits per heavy atom. The maximum atomic E-state index is 8.66. The van der Waals surface area contributed by atoms with Gasteiger partial charge in [-0.05, 0) is 31.2 Å². The molecule has 5 nitrogen and oxygen atoms in total. The van der Waals surface area contributed by atoms with Gasteiger partial charge in [0.25, 0.3) is 0 Å². The third kappa shape index (κ3) is 2.88. The molecule has 0 saturated carbocycles. The van der Waals surface area contributed by atoms with E-state index in [1.165, 1.54) is 11.8 Å². The minimum Gasteiger partial charge on any atom is -0.378 e. The molecular weight excluding hydrogens is 258 g/mol. The molecule has 0 aliphatic rings. The molecule has 0 aliphatic heterocycles. The average molecular weight is 273 g/mol. The van der Waals surface area contributed by atoms with Gasteiger partial charge >= 0.3 is 0 Å². The highest BCUT2D eigenvalue weighted by Gasteiger charge is 2.11. The summed E-state index contributed by atoms with van der Waals surface area (Å²) in [5.41, 5.74) is 2.15. The summed E-state index contributed by atoms with van der Waals surface area (Å²) < 4.78 is 1.96. The highest BCUT2D eigenvalue weighted by Crippen LogP contribution is 2.23. The van der Waals surface area contributed by atoms with Crippen LogP contribution in [0.3, 0.4) is 0 Å². The summed E-state index contributed by atoms with van der Waals surface area (Å²) in [6.07, 6.45) is 0. The third-order valence-corrected chi connectivity index (χ3v) is 3.48. The molecule has 0 bridgehead atoms. The van der Waals surface area contributed by atoms with Gasteiger partial charge in [0.2, 0.25) is 0 Å². The second-order valence-corrected chi connectivity index (χ2v) is 5.17. The number of anilines is 1. The van der Waals surface area contributed by atoms with Gasteiger partial charge < -0.3 is 4.90 Å². The van der Waals surface area contributed by atoms with Crippen LogP contribution in [-0.2, 0) is 0 Å². The molecule has 0 amide bonds. The summed E-state index contributed by atoms with van der Waals surface area (Å²) in [6.45, 7) is 1.91. The molecule has 0 radical (unpaired) electrons. The van der Waals surface area contributed by atoms with Crippen LogP contribution in [0, 0.1) is 18.3 Å². The van der Waals surface area contributed by atoms with Gasteiger partial charge in [0.15, 0.2) is 5.16 Å². The van der Waals surface area contributed by atoms with Crippen molar-refractivity contribution in [1.82, 2.24) is 14.8 Å². The van der Waals surface area contributed by atoms with Crippen molar-refractivity contribution < 1.29 is 0 Å². The molecule has 0 N–H and O–H groups in total. The fraction of sp³-hybridized carbons (Fsp3) is 0.308. The smallest absolute Gasteiger partial charge is 0.196 e. The van der Waals surface area contributed by atoms with Crippen LogP contribution in [0.25, 0.3) is 5.69 Å². The Balaban J connectivity index is 2.35. The number of hydrogen-bond acceptors (Lipinski definition) is 5. The first-order valence-electron chi connectivity index (χ1n) is 5.83. The SMILES string of the molecule is Cc1nnc(SCC#N)n1-c1ccc(N(C)C)cc1. The first-order valence-corrected chi connectivity index (χ1v) is 6.81. The first kappa shape index (κ1) is 13.4. The topological polar surface area (TPSA) is 57.7 Å². The zero-order valence-corrected chi connectivity index (χ0v) is 12.0. The maximum absolute atomic E-state index is 8.66. The lowest BCUT2D eigenvalue weighted by Crippen LogP contribution is -2.08. The van der Waals surface area contributed by atoms with E-state index in [0.717, 1.165) is 22.4 Å². The molecule has 2 aromatic rings. The van der Waals surface area contributed by atoms with Crippen molar-refractivity contribution in [3.63, 3.8) is 0 Å². The van der Waals surface area contributed by atoms with Crippen molar-refractivity contribution in [2.45, 2.75) is 12.1 Å². The summed E-state index contributed by atoms with van der Waals surface area (Å²) in [4.78, 5) is 2.05. The summed E-state index contributed by atoms with van der Waals surface area (Å²) in [7, 11) is 4.01. The second kappa shape index (κ2) is 5.76. The van der Waals surface area contributed by atoms with Gasteiger partial charge in [-0.15, -0.1) is 10.2 Å². The molecule has 0 unspecified atom stereocenters. The summed E-state index contributed by atoms with van der Waals surface area (Å²) >= 11 is 1.39. The molecule has 6 heteroatoms. The molecule has 1 heterocycles. The molecule has 0 saturated heterocycles. The van der Waals surface area contributed by atoms with Crippen molar-refractivity contribution in [3.8, 4) is 11.8 Å². The van der Waals surface area contributed by atoms with Gasteiger partial charge in [-0.25, -0.2) is 0 Å². The quantitative estimate of drug-likeness (QED) is 0.800. The largest absolute Gasteiger partial charge is 0.378 e. The second-order valence-electron chi connectivity index (χ2n) is 4.22. The molecular formula is C13H15N5S. The fourth-order valence-corrected chi connectivity index (χ4v) is 2.39. The highest BCUT2D eigenvalue weighted by molar-refractivity contribution is 7.99. The maximum Gasteiger partial charge on any atom is 0.196 e. The summed E-state index contributed by atoms with van der Waals surface area (Å²) in [5, 5.41) is 17.6. The van der Waals surface area contributed by atoms with Crippen LogP contribution in [0.15, 0.2) is 29.4 Å². The first-order chi connectivity index (χ1) is 9.13. The summed E-state index contributed by atoms with van der Waals surface area (Å²) in [6, 6.07) is 10.3. The van der Waals surface area contributed by atoms with Gasteiger partial charge in [0.05, 0.1) is 11.8 Å². The zero-order valence-electron chi connectivity index (χ0n) is 11.2. The summed E-state index contributed by atoms with van der Waals surface area (Å²) in [5.74, 6) is 1.19. The molecule has 19 heavy (non-hydrogen) atoms. The van der Waals surface area contributed by atoms with Crippen LogP contribution in [0.4, 0.5) is 5.69 Å². The van der Waals surface area contributed by atoms with E-state index in [4.69, 9.17) is 5.26 Å². The van der Waals surface area contributed by atoms with Gasteiger partial charge in [0.1, 0.15) is 5.82 Å². The standard InChI is InChI=1S/C13H15N5S/c1-10-15-16-13(19-9-8-14)18(10)12-6-4-11(5-7-12)17(2)3/h4-7H,9H2,1-3H3. The number of hydrogen-bond donors (Lipinski definition) is 0. The van der Waals surface area contributed by atoms with E-state index < -0.39 is 0 Å². The van der Waals surface area contributed by atoms with Gasteiger partial charge in [-0.3, -0.25) is 4.57 Å². The Hall–Kier alpha value is -2.00. The van der Waals surface area contributed by atoms with Crippen LogP contribution >= 0.6 is 11.8 Å². The van der Waals surface area contributed by atoms with E-state index >= 15 is 0 Å². The van der Waals surface area contributed by atoms with E-state index in [9.17, 15) is 0 Å². The van der Waals surface area contributed by atoms with E-state index in [0.29, 0.717) is 5.75 Å². The lowest BCUT2D eigenvalue weighted by atomic mass is 10.2. The minimum atomic E-state index is 0.369. The number of aromatic nitrogens is 3. The van der Waals surface area contributed by atoms with Crippen LogP contribution in [-0.4, -0.2) is 34.6 Å². The molecule has 0 aliphatic carbocycles. The van der Waals surface area contributed by atoms with Crippen LogP contribution in [0.1, 0.15) is 5.82 Å². The molecule has 1 aromatic heterocycles. The Morgan fingerprint density at radius 2 is 1.95 bits per heavy atom. The van der Waals surface area contributed by atoms with E-state index in [2.05, 4.69) is 16.3 Å². The molecule has 0 spiro atoms. The Kier molecular flexibility index (Phi) is 4.07. The fourth-order valence-electron chi connectivity index (χ4n) is 1.73. The van der Waals surface area contributed by atoms with Crippen molar-refractivity contribution in [2.75, 3.05) is 24.7 Å². The number of nitrogens with zero attached hydrogens (tertiary/aromatic N) is 5. The van der Waals surface area contributed by atoms with E-state index in [1.54, 1.807) is 0 Å². The normalized spacial score (nSPS) is 10.2. The number of nitriles is 1. The van der Waals surface area contributed by atoms with Gasteiger partial charge in [0, 0.05) is 25.5 Å². The Labute approximate surface area is 116 Å². The minimum absolute atomic E-state index is 0.369. The van der Waals surface area contributed by atoms with Gasteiger partial charge in [-0.1, -0.05) is 11.8 Å². The molecule has 0 fully saturated rings. The zero-order chi connectivity index (χ0) is 13.8. The number of benzene rings is 1. The van der Waals surface area contributed by atoms with Crippen molar-refractivity contribution in [3.05, 3.63) is 30.1 Å².